The maximum atomic E-state index is 3.81. The van der Waals surface area contributed by atoms with Crippen LogP contribution in [0.5, 0.6) is 0 Å². The number of allylic oxidation sites excluding steroid dienone is 5. The molecule has 0 fully saturated rings. The van der Waals surface area contributed by atoms with Crippen LogP contribution in [0.15, 0.2) is 49.2 Å². The summed E-state index contributed by atoms with van der Waals surface area (Å²) >= 11 is 0. The molecule has 0 bridgehead atoms. The van der Waals surface area contributed by atoms with E-state index in [9.17, 15) is 0 Å². The smallest absolute Gasteiger partial charge is 0.0345 e. The van der Waals surface area contributed by atoms with Gasteiger partial charge in [-0.05, 0) is 31.9 Å². The van der Waals surface area contributed by atoms with Crippen molar-refractivity contribution in [2.75, 3.05) is 0 Å². The van der Waals surface area contributed by atoms with E-state index in [-0.39, 0.29) is 5.54 Å². The fourth-order valence-corrected chi connectivity index (χ4v) is 2.57. The minimum atomic E-state index is 0.171. The molecule has 0 aromatic rings. The summed E-state index contributed by atoms with van der Waals surface area (Å²) in [5.74, 6) is 0. The van der Waals surface area contributed by atoms with Crippen LogP contribution in [0.2, 0.25) is 0 Å². The Bertz CT molecular complexity index is 326. The van der Waals surface area contributed by atoms with Gasteiger partial charge in [0, 0.05) is 11.2 Å². The summed E-state index contributed by atoms with van der Waals surface area (Å²) in [5.41, 5.74) is 1.30. The molecule has 0 saturated heterocycles. The maximum Gasteiger partial charge on any atom is 0.0345 e. The van der Waals surface area contributed by atoms with Gasteiger partial charge in [0.1, 0.15) is 0 Å². The Morgan fingerprint density at radius 2 is 1.52 bits per heavy atom. The van der Waals surface area contributed by atoms with E-state index in [2.05, 4.69) is 45.3 Å². The third kappa shape index (κ3) is 10.2. The predicted molar refractivity (Wildman–Crippen MR) is 97.4 cm³/mol. The molecule has 0 unspecified atom stereocenters. The molecule has 0 aromatic heterocycles. The summed E-state index contributed by atoms with van der Waals surface area (Å²) in [6, 6.07) is 0. The predicted octanol–water partition coefficient (Wildman–Crippen LogP) is 6.31. The van der Waals surface area contributed by atoms with Crippen LogP contribution < -0.4 is 5.32 Å². The number of rotatable bonds is 13. The SMILES string of the molecule is C=C/C=C\C(=C/C=C)NC(C)(CCCCC)CCCCC. The summed E-state index contributed by atoms with van der Waals surface area (Å²) < 4.78 is 0. The third-order valence-electron chi connectivity index (χ3n) is 3.82. The van der Waals surface area contributed by atoms with Crippen LogP contribution in [0.1, 0.15) is 72.1 Å². The van der Waals surface area contributed by atoms with E-state index < -0.39 is 0 Å². The number of nitrogens with one attached hydrogen (secondary N) is 1. The van der Waals surface area contributed by atoms with Gasteiger partial charge in [0.2, 0.25) is 0 Å². The lowest BCUT2D eigenvalue weighted by molar-refractivity contribution is 0.315. The van der Waals surface area contributed by atoms with E-state index >= 15 is 0 Å². The molecule has 0 aliphatic rings. The third-order valence-corrected chi connectivity index (χ3v) is 3.82. The molecule has 1 nitrogen and oxygen atoms in total. The highest BCUT2D eigenvalue weighted by Crippen LogP contribution is 2.23. The van der Waals surface area contributed by atoms with E-state index in [1.807, 2.05) is 24.3 Å². The minimum absolute atomic E-state index is 0.171. The Hall–Kier alpha value is -1.24. The van der Waals surface area contributed by atoms with Crippen LogP contribution in [0, 0.1) is 0 Å². The molecule has 21 heavy (non-hydrogen) atoms. The van der Waals surface area contributed by atoms with Crippen molar-refractivity contribution < 1.29 is 0 Å². The molecule has 0 saturated carbocycles. The fourth-order valence-electron chi connectivity index (χ4n) is 2.57. The van der Waals surface area contributed by atoms with Crippen molar-refractivity contribution in [3.05, 3.63) is 49.2 Å². The van der Waals surface area contributed by atoms with Crippen LogP contribution in [0.25, 0.3) is 0 Å². The van der Waals surface area contributed by atoms with Crippen molar-refractivity contribution in [3.63, 3.8) is 0 Å². The molecule has 0 rings (SSSR count). The second kappa shape index (κ2) is 12.5. The van der Waals surface area contributed by atoms with E-state index in [1.54, 1.807) is 0 Å². The molecule has 0 aromatic carbocycles. The Morgan fingerprint density at radius 3 is 1.95 bits per heavy atom. The van der Waals surface area contributed by atoms with Gasteiger partial charge in [0.05, 0.1) is 0 Å². The molecule has 0 radical (unpaired) electrons. The Labute approximate surface area is 132 Å². The second-order valence-electron chi connectivity index (χ2n) is 6.05. The Kier molecular flexibility index (Phi) is 11.8. The lowest BCUT2D eigenvalue weighted by Gasteiger charge is -2.33. The average molecular weight is 290 g/mol. The summed E-state index contributed by atoms with van der Waals surface area (Å²) in [6.45, 7) is 14.4. The summed E-state index contributed by atoms with van der Waals surface area (Å²) in [5, 5.41) is 3.74. The highest BCUT2D eigenvalue weighted by atomic mass is 15.0. The molecular weight excluding hydrogens is 254 g/mol. The zero-order valence-corrected chi connectivity index (χ0v) is 14.5. The normalized spacial score (nSPS) is 12.6. The lowest BCUT2D eigenvalue weighted by Crippen LogP contribution is -2.41. The Morgan fingerprint density at radius 1 is 0.952 bits per heavy atom. The molecule has 0 amide bonds. The molecule has 0 aliphatic carbocycles. The summed E-state index contributed by atoms with van der Waals surface area (Å²) in [7, 11) is 0. The molecule has 0 aliphatic heterocycles. The van der Waals surface area contributed by atoms with Crippen LogP contribution >= 0.6 is 0 Å². The van der Waals surface area contributed by atoms with Crippen molar-refractivity contribution in [2.45, 2.75) is 77.7 Å². The number of hydrogen-bond acceptors (Lipinski definition) is 1. The minimum Gasteiger partial charge on any atom is -0.380 e. The number of unbranched alkanes of at least 4 members (excludes halogenated alkanes) is 4. The fraction of sp³-hybridized carbons (Fsp3) is 0.600. The monoisotopic (exact) mass is 289 g/mol. The summed E-state index contributed by atoms with van der Waals surface area (Å²) in [6.07, 6.45) is 19.9. The summed E-state index contributed by atoms with van der Waals surface area (Å²) in [4.78, 5) is 0. The first-order chi connectivity index (χ1) is 10.1. The van der Waals surface area contributed by atoms with Crippen LogP contribution in [-0.4, -0.2) is 5.54 Å². The first-order valence-corrected chi connectivity index (χ1v) is 8.52. The van der Waals surface area contributed by atoms with Crippen molar-refractivity contribution in [1.29, 1.82) is 0 Å². The highest BCUT2D eigenvalue weighted by molar-refractivity contribution is 5.25. The zero-order chi connectivity index (χ0) is 16.0. The maximum absolute atomic E-state index is 3.81. The molecule has 0 atom stereocenters. The molecule has 120 valence electrons. The zero-order valence-electron chi connectivity index (χ0n) is 14.5. The van der Waals surface area contributed by atoms with Crippen LogP contribution in [-0.2, 0) is 0 Å². The van der Waals surface area contributed by atoms with Crippen molar-refractivity contribution in [2.24, 2.45) is 0 Å². The van der Waals surface area contributed by atoms with Gasteiger partial charge in [-0.1, -0.05) is 83.8 Å². The molecule has 0 spiro atoms. The molecular formula is C20H35N. The van der Waals surface area contributed by atoms with Gasteiger partial charge in [-0.15, -0.1) is 0 Å². The van der Waals surface area contributed by atoms with Gasteiger partial charge in [-0.2, -0.15) is 0 Å². The van der Waals surface area contributed by atoms with E-state index in [0.29, 0.717) is 0 Å². The number of hydrogen-bond donors (Lipinski definition) is 1. The first-order valence-electron chi connectivity index (χ1n) is 8.52. The van der Waals surface area contributed by atoms with Crippen LogP contribution in [0.4, 0.5) is 0 Å². The van der Waals surface area contributed by atoms with Crippen molar-refractivity contribution in [1.82, 2.24) is 5.32 Å². The standard InChI is InChI=1S/C20H35N/c1-6-10-13-17-20(5,18-14-11-7-2)21-19(15-9-4)16-12-8-3/h8-9,12,15-16,21H,3-4,6-7,10-11,13-14,17-18H2,1-2,5H3/b16-12-,19-15+. The lowest BCUT2D eigenvalue weighted by atomic mass is 9.88. The van der Waals surface area contributed by atoms with E-state index in [4.69, 9.17) is 0 Å². The quantitative estimate of drug-likeness (QED) is 0.309. The molecule has 1 N–H and O–H groups in total. The highest BCUT2D eigenvalue weighted by Gasteiger charge is 2.23. The average Bonchev–Trinajstić information content (AvgIpc) is 2.45. The van der Waals surface area contributed by atoms with E-state index in [1.165, 1.54) is 51.4 Å². The van der Waals surface area contributed by atoms with Gasteiger partial charge in [0.15, 0.2) is 0 Å². The van der Waals surface area contributed by atoms with Crippen molar-refractivity contribution in [3.8, 4) is 0 Å². The van der Waals surface area contributed by atoms with Crippen LogP contribution in [0.3, 0.4) is 0 Å². The van der Waals surface area contributed by atoms with Crippen molar-refractivity contribution >= 4 is 0 Å². The topological polar surface area (TPSA) is 12.0 Å². The van der Waals surface area contributed by atoms with E-state index in [0.717, 1.165) is 5.70 Å². The van der Waals surface area contributed by atoms with Gasteiger partial charge in [-0.25, -0.2) is 0 Å². The van der Waals surface area contributed by atoms with Gasteiger partial charge in [-0.3, -0.25) is 0 Å². The largest absolute Gasteiger partial charge is 0.380 e. The molecule has 0 heterocycles. The van der Waals surface area contributed by atoms with Gasteiger partial charge < -0.3 is 5.32 Å². The van der Waals surface area contributed by atoms with Gasteiger partial charge in [0.25, 0.3) is 0 Å². The first kappa shape index (κ1) is 19.8. The Balaban J connectivity index is 4.80. The van der Waals surface area contributed by atoms with Gasteiger partial charge >= 0.3 is 0 Å². The second-order valence-corrected chi connectivity index (χ2v) is 6.05. The molecule has 1 heteroatoms.